The summed E-state index contributed by atoms with van der Waals surface area (Å²) in [7, 11) is 0. The zero-order chi connectivity index (χ0) is 24.3. The SMILES string of the molecule is CCN(CC)c1ccc2c(c1)Oc1c(c(C)nn1-c1ccc(C)cc1)C21OC(=O)c2ccccc21. The zero-order valence-electron chi connectivity index (χ0n) is 20.3. The van der Waals surface area contributed by atoms with Crippen LogP contribution in [0.5, 0.6) is 11.6 Å². The van der Waals surface area contributed by atoms with E-state index in [9.17, 15) is 4.79 Å². The summed E-state index contributed by atoms with van der Waals surface area (Å²) < 4.78 is 14.8. The molecule has 3 heterocycles. The number of fused-ring (bicyclic) bond motifs is 6. The molecule has 2 aliphatic heterocycles. The van der Waals surface area contributed by atoms with Gasteiger partial charge in [-0.05, 0) is 58.0 Å². The summed E-state index contributed by atoms with van der Waals surface area (Å²) in [5, 5.41) is 4.87. The highest BCUT2D eigenvalue weighted by Crippen LogP contribution is 2.57. The van der Waals surface area contributed by atoms with Gasteiger partial charge < -0.3 is 14.4 Å². The number of anilines is 1. The average molecular weight is 466 g/mol. The molecule has 0 saturated carbocycles. The van der Waals surface area contributed by atoms with E-state index in [2.05, 4.69) is 43.9 Å². The van der Waals surface area contributed by atoms with Gasteiger partial charge in [0.15, 0.2) is 5.60 Å². The Labute approximate surface area is 204 Å². The number of nitrogens with zero attached hydrogens (tertiary/aromatic N) is 3. The van der Waals surface area contributed by atoms with Gasteiger partial charge in [-0.25, -0.2) is 9.48 Å². The van der Waals surface area contributed by atoms with Crippen LogP contribution < -0.4 is 9.64 Å². The van der Waals surface area contributed by atoms with E-state index >= 15 is 0 Å². The summed E-state index contributed by atoms with van der Waals surface area (Å²) in [5.41, 5.74) is 5.70. The van der Waals surface area contributed by atoms with Crippen LogP contribution in [-0.4, -0.2) is 28.8 Å². The molecule has 0 radical (unpaired) electrons. The Morgan fingerprint density at radius 1 is 0.943 bits per heavy atom. The summed E-state index contributed by atoms with van der Waals surface area (Å²) in [4.78, 5) is 15.4. The number of ether oxygens (including phenoxy) is 2. The number of aromatic nitrogens is 2. The van der Waals surface area contributed by atoms with E-state index in [1.165, 1.54) is 0 Å². The molecular weight excluding hydrogens is 438 g/mol. The lowest BCUT2D eigenvalue weighted by Crippen LogP contribution is -2.33. The van der Waals surface area contributed by atoms with E-state index in [1.54, 1.807) is 0 Å². The van der Waals surface area contributed by atoms with E-state index in [-0.39, 0.29) is 5.97 Å². The van der Waals surface area contributed by atoms with Crippen LogP contribution in [0.3, 0.4) is 0 Å². The Hall–Kier alpha value is -4.06. The van der Waals surface area contributed by atoms with Crippen LogP contribution in [0.15, 0.2) is 66.7 Å². The first kappa shape index (κ1) is 21.5. The van der Waals surface area contributed by atoms with Gasteiger partial charge in [-0.3, -0.25) is 0 Å². The molecule has 0 amide bonds. The molecule has 1 unspecified atom stereocenters. The van der Waals surface area contributed by atoms with Gasteiger partial charge in [0.2, 0.25) is 5.88 Å². The lowest BCUT2D eigenvalue weighted by atomic mass is 9.78. The van der Waals surface area contributed by atoms with Crippen LogP contribution in [0.2, 0.25) is 0 Å². The minimum Gasteiger partial charge on any atom is -0.440 e. The summed E-state index contributed by atoms with van der Waals surface area (Å²) in [5.74, 6) is 0.898. The average Bonchev–Trinajstić information content (AvgIpc) is 3.35. The highest BCUT2D eigenvalue weighted by atomic mass is 16.6. The molecule has 35 heavy (non-hydrogen) atoms. The van der Waals surface area contributed by atoms with Crippen molar-refractivity contribution in [3.63, 3.8) is 0 Å². The maximum atomic E-state index is 13.2. The van der Waals surface area contributed by atoms with E-state index in [0.29, 0.717) is 17.2 Å². The molecule has 6 nitrogen and oxygen atoms in total. The van der Waals surface area contributed by atoms with Gasteiger partial charge in [0, 0.05) is 36.0 Å². The highest BCUT2D eigenvalue weighted by Gasteiger charge is 2.56. The smallest absolute Gasteiger partial charge is 0.340 e. The van der Waals surface area contributed by atoms with Crippen LogP contribution in [0, 0.1) is 13.8 Å². The van der Waals surface area contributed by atoms with Crippen molar-refractivity contribution in [3.05, 3.63) is 100 Å². The number of aryl methyl sites for hydroxylation is 2. The monoisotopic (exact) mass is 465 g/mol. The van der Waals surface area contributed by atoms with Gasteiger partial charge in [0.05, 0.1) is 22.5 Å². The third-order valence-electron chi connectivity index (χ3n) is 7.10. The van der Waals surface area contributed by atoms with Crippen molar-refractivity contribution in [1.29, 1.82) is 0 Å². The second kappa shape index (κ2) is 7.73. The Balaban J connectivity index is 1.66. The van der Waals surface area contributed by atoms with Crippen LogP contribution in [0.25, 0.3) is 5.69 Å². The van der Waals surface area contributed by atoms with Crippen molar-refractivity contribution in [2.45, 2.75) is 33.3 Å². The fourth-order valence-corrected chi connectivity index (χ4v) is 5.38. The molecule has 2 aliphatic rings. The van der Waals surface area contributed by atoms with Crippen molar-refractivity contribution in [2.75, 3.05) is 18.0 Å². The number of esters is 1. The molecule has 1 atom stereocenters. The first-order chi connectivity index (χ1) is 17.0. The van der Waals surface area contributed by atoms with E-state index in [1.807, 2.05) is 60.1 Å². The van der Waals surface area contributed by atoms with Gasteiger partial charge >= 0.3 is 5.97 Å². The molecule has 176 valence electrons. The highest BCUT2D eigenvalue weighted by molar-refractivity contribution is 5.97. The summed E-state index contributed by atoms with van der Waals surface area (Å²) in [6.07, 6.45) is 0. The second-order valence-corrected chi connectivity index (χ2v) is 9.08. The topological polar surface area (TPSA) is 56.6 Å². The number of hydrogen-bond acceptors (Lipinski definition) is 5. The fraction of sp³-hybridized carbons (Fsp3) is 0.241. The second-order valence-electron chi connectivity index (χ2n) is 9.08. The van der Waals surface area contributed by atoms with E-state index in [0.717, 1.165) is 52.4 Å². The number of carbonyl (C=O) groups is 1. The Morgan fingerprint density at radius 3 is 2.43 bits per heavy atom. The summed E-state index contributed by atoms with van der Waals surface area (Å²) in [6.45, 7) is 10.0. The maximum absolute atomic E-state index is 13.2. The number of carbonyl (C=O) groups excluding carboxylic acids is 1. The Bertz CT molecular complexity index is 1470. The molecule has 6 heteroatoms. The van der Waals surface area contributed by atoms with Gasteiger partial charge in [0.1, 0.15) is 5.75 Å². The lowest BCUT2D eigenvalue weighted by Gasteiger charge is -2.36. The molecule has 0 fully saturated rings. The largest absolute Gasteiger partial charge is 0.440 e. The molecule has 3 aromatic carbocycles. The van der Waals surface area contributed by atoms with Gasteiger partial charge in [-0.1, -0.05) is 35.9 Å². The molecule has 0 saturated heterocycles. The van der Waals surface area contributed by atoms with Gasteiger partial charge in [-0.15, -0.1) is 0 Å². The number of hydrogen-bond donors (Lipinski definition) is 0. The molecule has 1 aromatic heterocycles. The quantitative estimate of drug-likeness (QED) is 0.351. The minimum absolute atomic E-state index is 0.338. The van der Waals surface area contributed by atoms with Crippen LogP contribution >= 0.6 is 0 Å². The standard InChI is InChI=1S/C29H27N3O3/c1-5-31(6-2)21-15-16-24-25(17-21)34-27-26(19(4)30-32(27)20-13-11-18(3)12-14-20)29(24)23-10-8-7-9-22(23)28(33)35-29/h7-17H,5-6H2,1-4H3. The summed E-state index contributed by atoms with van der Waals surface area (Å²) >= 11 is 0. The van der Waals surface area contributed by atoms with Crippen LogP contribution in [0.1, 0.15) is 52.2 Å². The maximum Gasteiger partial charge on any atom is 0.340 e. The van der Waals surface area contributed by atoms with Gasteiger partial charge in [-0.2, -0.15) is 5.10 Å². The zero-order valence-corrected chi connectivity index (χ0v) is 20.3. The molecule has 0 N–H and O–H groups in total. The number of benzene rings is 3. The third kappa shape index (κ3) is 2.95. The molecule has 0 bridgehead atoms. The van der Waals surface area contributed by atoms with Crippen molar-refractivity contribution in [1.82, 2.24) is 9.78 Å². The van der Waals surface area contributed by atoms with Gasteiger partial charge in [0.25, 0.3) is 0 Å². The van der Waals surface area contributed by atoms with Crippen molar-refractivity contribution in [2.24, 2.45) is 0 Å². The third-order valence-corrected chi connectivity index (χ3v) is 7.10. The molecule has 6 rings (SSSR count). The lowest BCUT2D eigenvalue weighted by molar-refractivity contribution is 0.0221. The normalized spacial score (nSPS) is 17.4. The first-order valence-corrected chi connectivity index (χ1v) is 12.0. The minimum atomic E-state index is -1.12. The first-order valence-electron chi connectivity index (χ1n) is 12.0. The predicted molar refractivity (Wildman–Crippen MR) is 135 cm³/mol. The number of rotatable bonds is 4. The van der Waals surface area contributed by atoms with Crippen molar-refractivity contribution >= 4 is 11.7 Å². The molecule has 1 spiro atoms. The predicted octanol–water partition coefficient (Wildman–Crippen LogP) is 5.90. The summed E-state index contributed by atoms with van der Waals surface area (Å²) in [6, 6.07) is 21.9. The molecular formula is C29H27N3O3. The Kier molecular flexibility index (Phi) is 4.74. The van der Waals surface area contributed by atoms with E-state index < -0.39 is 5.60 Å². The van der Waals surface area contributed by atoms with Crippen LogP contribution in [0.4, 0.5) is 5.69 Å². The van der Waals surface area contributed by atoms with Crippen molar-refractivity contribution < 1.29 is 14.3 Å². The Morgan fingerprint density at radius 2 is 1.69 bits per heavy atom. The van der Waals surface area contributed by atoms with Crippen molar-refractivity contribution in [3.8, 4) is 17.3 Å². The fourth-order valence-electron chi connectivity index (χ4n) is 5.38. The van der Waals surface area contributed by atoms with E-state index in [4.69, 9.17) is 14.6 Å². The van der Waals surface area contributed by atoms with Crippen LogP contribution in [-0.2, 0) is 10.3 Å². The molecule has 4 aromatic rings. The molecule has 0 aliphatic carbocycles.